The number of nitrogens with one attached hydrogen (secondary N) is 1. The predicted molar refractivity (Wildman–Crippen MR) is 96.1 cm³/mol. The summed E-state index contributed by atoms with van der Waals surface area (Å²) >= 11 is 0. The van der Waals surface area contributed by atoms with Crippen LogP contribution in [0.25, 0.3) is 10.9 Å². The van der Waals surface area contributed by atoms with Crippen molar-refractivity contribution < 1.29 is 19.3 Å². The van der Waals surface area contributed by atoms with Crippen molar-refractivity contribution in [2.75, 3.05) is 11.4 Å². The van der Waals surface area contributed by atoms with Crippen LogP contribution < -0.4 is 10.2 Å². The van der Waals surface area contributed by atoms with Crippen molar-refractivity contribution in [3.8, 4) is 0 Å². The first-order chi connectivity index (χ1) is 12.6. The van der Waals surface area contributed by atoms with E-state index in [1.165, 1.54) is 35.2 Å². The highest BCUT2D eigenvalue weighted by atomic mass is 19.1. The first-order valence-corrected chi connectivity index (χ1v) is 8.64. The topological polar surface area (TPSA) is 69.8 Å². The van der Waals surface area contributed by atoms with Gasteiger partial charge in [0.25, 0.3) is 5.91 Å². The molecule has 26 heavy (non-hydrogen) atoms. The van der Waals surface area contributed by atoms with Crippen molar-refractivity contribution >= 4 is 28.4 Å². The number of rotatable bonds is 5. The number of nitrogens with zero attached hydrogens (tertiary/aromatic N) is 1. The average molecular weight is 352 g/mol. The fourth-order valence-electron chi connectivity index (χ4n) is 3.48. The van der Waals surface area contributed by atoms with E-state index < -0.39 is 11.9 Å². The first-order valence-electron chi connectivity index (χ1n) is 8.64. The molecule has 4 rings (SSSR count). The van der Waals surface area contributed by atoms with Gasteiger partial charge in [0.2, 0.25) is 5.91 Å². The molecule has 6 heteroatoms. The van der Waals surface area contributed by atoms with Crippen molar-refractivity contribution in [3.63, 3.8) is 0 Å². The number of nitrogens with two attached hydrogens (primary N) is 1. The van der Waals surface area contributed by atoms with Gasteiger partial charge in [-0.15, -0.1) is 0 Å². The van der Waals surface area contributed by atoms with E-state index >= 15 is 0 Å². The van der Waals surface area contributed by atoms with Gasteiger partial charge in [0.05, 0.1) is 18.7 Å². The lowest BCUT2D eigenvalue weighted by molar-refractivity contribution is -0.674. The third kappa shape index (κ3) is 2.99. The van der Waals surface area contributed by atoms with Crippen molar-refractivity contribution in [1.29, 1.82) is 0 Å². The Morgan fingerprint density at radius 3 is 2.69 bits per heavy atom. The molecule has 0 saturated carbocycles. The maximum Gasteiger partial charge on any atom is 0.292 e. The molecule has 3 N–H and O–H groups in total. The van der Waals surface area contributed by atoms with E-state index in [1.807, 2.05) is 29.7 Å². The van der Waals surface area contributed by atoms with E-state index in [4.69, 9.17) is 0 Å². The fourth-order valence-corrected chi connectivity index (χ4v) is 3.48. The minimum atomic E-state index is -0.419. The zero-order chi connectivity index (χ0) is 18.1. The Labute approximate surface area is 149 Å². The number of quaternary nitrogens is 1. The molecule has 1 atom stereocenters. The van der Waals surface area contributed by atoms with Gasteiger partial charge >= 0.3 is 0 Å². The number of fused-ring (bicyclic) bond motifs is 1. The van der Waals surface area contributed by atoms with Gasteiger partial charge in [-0.2, -0.15) is 0 Å². The van der Waals surface area contributed by atoms with Crippen molar-refractivity contribution in [1.82, 2.24) is 4.98 Å². The maximum atomic E-state index is 13.1. The lowest BCUT2D eigenvalue weighted by Crippen LogP contribution is -2.92. The Bertz CT molecular complexity index is 965. The SMILES string of the molecule is O=C1C[C@@H]([NH2+]CCc2c[nH]c3ccccc23)C(=O)N1c1ccc(F)cc1. The summed E-state index contributed by atoms with van der Waals surface area (Å²) in [5, 5.41) is 3.11. The van der Waals surface area contributed by atoms with Crippen LogP contribution in [0.15, 0.2) is 54.7 Å². The van der Waals surface area contributed by atoms with E-state index in [0.29, 0.717) is 12.2 Å². The average Bonchev–Trinajstić information content (AvgIpc) is 3.17. The van der Waals surface area contributed by atoms with E-state index in [1.54, 1.807) is 0 Å². The number of aromatic amines is 1. The number of para-hydroxylation sites is 1. The number of carbonyl (C=O) groups excluding carboxylic acids is 2. The molecule has 132 valence electrons. The van der Waals surface area contributed by atoms with Gasteiger partial charge < -0.3 is 10.3 Å². The third-order valence-electron chi connectivity index (χ3n) is 4.81. The molecule has 2 heterocycles. The van der Waals surface area contributed by atoms with Crippen molar-refractivity contribution in [2.24, 2.45) is 0 Å². The van der Waals surface area contributed by atoms with Crippen LogP contribution in [0, 0.1) is 5.82 Å². The van der Waals surface area contributed by atoms with Crippen LogP contribution in [0.4, 0.5) is 10.1 Å². The zero-order valence-corrected chi connectivity index (χ0v) is 14.1. The molecule has 0 aliphatic carbocycles. The van der Waals surface area contributed by atoms with Gasteiger partial charge in [-0.25, -0.2) is 9.29 Å². The minimum absolute atomic E-state index is 0.171. The van der Waals surface area contributed by atoms with Crippen molar-refractivity contribution in [3.05, 3.63) is 66.1 Å². The standard InChI is InChI=1S/C20H18FN3O2/c21-14-5-7-15(8-6-14)24-19(25)11-18(20(24)26)22-10-9-13-12-23-17-4-2-1-3-16(13)17/h1-8,12,18,22-23H,9-11H2/p+1/t18-/m1/s1. The van der Waals surface area contributed by atoms with Crippen LogP contribution in [0.2, 0.25) is 0 Å². The van der Waals surface area contributed by atoms with Crippen LogP contribution in [0.5, 0.6) is 0 Å². The molecular weight excluding hydrogens is 333 g/mol. The highest BCUT2D eigenvalue weighted by Gasteiger charge is 2.42. The molecule has 1 aromatic heterocycles. The quantitative estimate of drug-likeness (QED) is 0.687. The van der Waals surface area contributed by atoms with Crippen molar-refractivity contribution in [2.45, 2.75) is 18.9 Å². The number of benzene rings is 2. The molecule has 1 saturated heterocycles. The maximum absolute atomic E-state index is 13.1. The molecule has 2 amide bonds. The number of amides is 2. The molecule has 1 aliphatic rings. The van der Waals surface area contributed by atoms with E-state index in [0.717, 1.165) is 16.8 Å². The van der Waals surface area contributed by atoms with Gasteiger partial charge in [0, 0.05) is 23.5 Å². The molecule has 0 spiro atoms. The molecule has 0 bridgehead atoms. The number of imide groups is 1. The smallest absolute Gasteiger partial charge is 0.292 e. The second-order valence-corrected chi connectivity index (χ2v) is 6.49. The minimum Gasteiger partial charge on any atom is -0.361 e. The number of hydrogen-bond acceptors (Lipinski definition) is 2. The lowest BCUT2D eigenvalue weighted by Gasteiger charge is -2.14. The molecule has 5 nitrogen and oxygen atoms in total. The molecule has 0 unspecified atom stereocenters. The molecule has 1 aliphatic heterocycles. The van der Waals surface area contributed by atoms with Gasteiger partial charge in [-0.1, -0.05) is 18.2 Å². The number of aromatic nitrogens is 1. The molecular formula is C20H19FN3O2+. The zero-order valence-electron chi connectivity index (χ0n) is 14.1. The van der Waals surface area contributed by atoms with Crippen LogP contribution in [-0.4, -0.2) is 29.4 Å². The van der Waals surface area contributed by atoms with Crippen LogP contribution in [-0.2, 0) is 16.0 Å². The molecule has 2 aromatic carbocycles. The summed E-state index contributed by atoms with van der Waals surface area (Å²) in [7, 11) is 0. The summed E-state index contributed by atoms with van der Waals surface area (Å²) in [6.07, 6.45) is 2.97. The largest absolute Gasteiger partial charge is 0.361 e. The number of anilines is 1. The Hall–Kier alpha value is -2.99. The summed E-state index contributed by atoms with van der Waals surface area (Å²) in [4.78, 5) is 29.2. The summed E-state index contributed by atoms with van der Waals surface area (Å²) in [5.41, 5.74) is 2.72. The molecule has 1 fully saturated rings. The van der Waals surface area contributed by atoms with E-state index in [2.05, 4.69) is 11.1 Å². The number of H-pyrrole nitrogens is 1. The van der Waals surface area contributed by atoms with Crippen LogP contribution in [0.1, 0.15) is 12.0 Å². The predicted octanol–water partition coefficient (Wildman–Crippen LogP) is 1.74. The fraction of sp³-hybridized carbons (Fsp3) is 0.200. The van der Waals surface area contributed by atoms with Gasteiger partial charge in [0.15, 0.2) is 6.04 Å². The highest BCUT2D eigenvalue weighted by molar-refractivity contribution is 6.21. The number of halogens is 1. The first kappa shape index (κ1) is 16.5. The Morgan fingerprint density at radius 1 is 1.12 bits per heavy atom. The van der Waals surface area contributed by atoms with Gasteiger partial charge in [-0.05, 0) is 35.9 Å². The second kappa shape index (κ2) is 6.72. The number of carbonyl (C=O) groups is 2. The van der Waals surface area contributed by atoms with E-state index in [9.17, 15) is 14.0 Å². The Morgan fingerprint density at radius 2 is 1.88 bits per heavy atom. The molecule has 0 radical (unpaired) electrons. The summed E-state index contributed by atoms with van der Waals surface area (Å²) in [6.45, 7) is 0.711. The monoisotopic (exact) mass is 352 g/mol. The summed E-state index contributed by atoms with van der Waals surface area (Å²) in [5.74, 6) is -0.870. The Kier molecular flexibility index (Phi) is 4.26. The summed E-state index contributed by atoms with van der Waals surface area (Å²) < 4.78 is 13.1. The third-order valence-corrected chi connectivity index (χ3v) is 4.81. The van der Waals surface area contributed by atoms with Gasteiger partial charge in [0.1, 0.15) is 5.82 Å². The van der Waals surface area contributed by atoms with Crippen LogP contribution in [0.3, 0.4) is 0 Å². The highest BCUT2D eigenvalue weighted by Crippen LogP contribution is 2.22. The van der Waals surface area contributed by atoms with Gasteiger partial charge in [-0.3, -0.25) is 9.59 Å². The van der Waals surface area contributed by atoms with E-state index in [-0.39, 0.29) is 18.2 Å². The second-order valence-electron chi connectivity index (χ2n) is 6.49. The molecule has 3 aromatic rings. The normalized spacial score (nSPS) is 17.4. The lowest BCUT2D eigenvalue weighted by atomic mass is 10.1. The van der Waals surface area contributed by atoms with Crippen LogP contribution >= 0.6 is 0 Å². The Balaban J connectivity index is 1.40. The number of hydrogen-bond donors (Lipinski definition) is 2. The summed E-state index contributed by atoms with van der Waals surface area (Å²) in [6, 6.07) is 13.1.